The van der Waals surface area contributed by atoms with Crippen molar-refractivity contribution in [2.45, 2.75) is 6.54 Å². The van der Waals surface area contributed by atoms with Crippen molar-refractivity contribution in [1.82, 2.24) is 24.6 Å². The molecule has 0 atom stereocenters. The molecule has 0 aliphatic heterocycles. The van der Waals surface area contributed by atoms with Gasteiger partial charge in [-0.25, -0.2) is 9.97 Å². The minimum atomic E-state index is 0.551. The summed E-state index contributed by atoms with van der Waals surface area (Å²) in [6, 6.07) is 17.5. The Hall–Kier alpha value is -4.20. The topological polar surface area (TPSA) is 86.5 Å². The van der Waals surface area contributed by atoms with Gasteiger partial charge in [-0.2, -0.15) is 4.52 Å². The van der Waals surface area contributed by atoms with Crippen LogP contribution >= 0.6 is 0 Å². The van der Waals surface area contributed by atoms with Crippen molar-refractivity contribution in [3.63, 3.8) is 0 Å². The van der Waals surface area contributed by atoms with Crippen LogP contribution in [0.15, 0.2) is 67.0 Å². The first-order valence-corrected chi connectivity index (χ1v) is 9.77. The standard InChI is InChI=1S/C23H20N6O2/c1-30-19-11-17-18(12-20(19)31-2)26-23(25-14-15-7-6-10-24-13-15)29-22(17)27-21(28-29)16-8-4-3-5-9-16/h3-13H,14H2,1-2H3,(H,25,26). The summed E-state index contributed by atoms with van der Waals surface area (Å²) in [5, 5.41) is 8.92. The van der Waals surface area contributed by atoms with E-state index in [1.807, 2.05) is 60.8 Å². The Labute approximate surface area is 178 Å². The first-order valence-electron chi connectivity index (χ1n) is 9.77. The highest BCUT2D eigenvalue weighted by Gasteiger charge is 2.17. The molecular weight excluding hydrogens is 392 g/mol. The Bertz CT molecular complexity index is 1350. The van der Waals surface area contributed by atoms with Gasteiger partial charge in [0, 0.05) is 36.0 Å². The molecule has 0 radical (unpaired) electrons. The van der Waals surface area contributed by atoms with E-state index < -0.39 is 0 Å². The summed E-state index contributed by atoms with van der Waals surface area (Å²) < 4.78 is 12.7. The van der Waals surface area contributed by atoms with Crippen LogP contribution in [0.5, 0.6) is 11.5 Å². The monoisotopic (exact) mass is 412 g/mol. The molecule has 2 aromatic carbocycles. The lowest BCUT2D eigenvalue weighted by atomic mass is 10.2. The van der Waals surface area contributed by atoms with Crippen LogP contribution in [0.2, 0.25) is 0 Å². The molecular formula is C23H20N6O2. The Balaban J connectivity index is 1.70. The van der Waals surface area contributed by atoms with Crippen LogP contribution in [0.3, 0.4) is 0 Å². The predicted octanol–water partition coefficient (Wildman–Crippen LogP) is 3.97. The fourth-order valence-corrected chi connectivity index (χ4v) is 3.44. The minimum Gasteiger partial charge on any atom is -0.493 e. The third-order valence-electron chi connectivity index (χ3n) is 4.98. The molecule has 1 N–H and O–H groups in total. The summed E-state index contributed by atoms with van der Waals surface area (Å²) in [5.74, 6) is 2.41. The number of fused-ring (bicyclic) bond motifs is 3. The largest absolute Gasteiger partial charge is 0.493 e. The van der Waals surface area contributed by atoms with Gasteiger partial charge in [0.05, 0.1) is 19.7 Å². The minimum absolute atomic E-state index is 0.551. The smallest absolute Gasteiger partial charge is 0.226 e. The fraction of sp³-hybridized carbons (Fsp3) is 0.130. The molecule has 0 spiro atoms. The molecule has 0 saturated heterocycles. The number of benzene rings is 2. The molecule has 5 aromatic rings. The van der Waals surface area contributed by atoms with Crippen molar-refractivity contribution in [2.24, 2.45) is 0 Å². The molecule has 0 saturated carbocycles. The molecule has 0 amide bonds. The van der Waals surface area contributed by atoms with Crippen LogP contribution in [-0.4, -0.2) is 38.8 Å². The van der Waals surface area contributed by atoms with Crippen molar-refractivity contribution in [2.75, 3.05) is 19.5 Å². The van der Waals surface area contributed by atoms with Gasteiger partial charge in [0.1, 0.15) is 0 Å². The molecule has 0 aliphatic rings. The first-order chi connectivity index (χ1) is 15.3. The van der Waals surface area contributed by atoms with Crippen LogP contribution in [0, 0.1) is 0 Å². The molecule has 3 heterocycles. The summed E-state index contributed by atoms with van der Waals surface area (Å²) >= 11 is 0. The van der Waals surface area contributed by atoms with E-state index >= 15 is 0 Å². The molecule has 0 aliphatic carbocycles. The molecule has 31 heavy (non-hydrogen) atoms. The van der Waals surface area contributed by atoms with Crippen molar-refractivity contribution >= 4 is 22.5 Å². The Morgan fingerprint density at radius 2 is 1.74 bits per heavy atom. The maximum atomic E-state index is 5.49. The van der Waals surface area contributed by atoms with Crippen LogP contribution in [-0.2, 0) is 6.54 Å². The van der Waals surface area contributed by atoms with Gasteiger partial charge >= 0.3 is 0 Å². The second-order valence-electron chi connectivity index (χ2n) is 6.91. The molecule has 0 bridgehead atoms. The predicted molar refractivity (Wildman–Crippen MR) is 118 cm³/mol. The van der Waals surface area contributed by atoms with Crippen molar-refractivity contribution < 1.29 is 9.47 Å². The van der Waals surface area contributed by atoms with Gasteiger partial charge in [-0.05, 0) is 17.7 Å². The summed E-state index contributed by atoms with van der Waals surface area (Å²) in [5.41, 5.74) is 3.37. The van der Waals surface area contributed by atoms with Crippen molar-refractivity contribution in [1.29, 1.82) is 0 Å². The highest BCUT2D eigenvalue weighted by atomic mass is 16.5. The van der Waals surface area contributed by atoms with E-state index in [1.165, 1.54) is 0 Å². The zero-order valence-electron chi connectivity index (χ0n) is 17.1. The molecule has 0 fully saturated rings. The third kappa shape index (κ3) is 3.48. The van der Waals surface area contributed by atoms with Crippen molar-refractivity contribution in [3.05, 3.63) is 72.6 Å². The number of aromatic nitrogens is 5. The van der Waals surface area contributed by atoms with Crippen LogP contribution < -0.4 is 14.8 Å². The molecule has 5 rings (SSSR count). The van der Waals surface area contributed by atoms with Crippen LogP contribution in [0.1, 0.15) is 5.56 Å². The van der Waals surface area contributed by atoms with E-state index in [-0.39, 0.29) is 0 Å². The zero-order valence-corrected chi connectivity index (χ0v) is 17.1. The van der Waals surface area contributed by atoms with E-state index in [2.05, 4.69) is 10.3 Å². The number of hydrogen-bond donors (Lipinski definition) is 1. The SMILES string of the molecule is COc1cc2nc(NCc3cccnc3)n3nc(-c4ccccc4)nc3c2cc1OC. The lowest BCUT2D eigenvalue weighted by molar-refractivity contribution is 0.356. The van der Waals surface area contributed by atoms with Crippen molar-refractivity contribution in [3.8, 4) is 22.9 Å². The number of methoxy groups -OCH3 is 2. The van der Waals surface area contributed by atoms with Gasteiger partial charge in [0.25, 0.3) is 0 Å². The van der Waals surface area contributed by atoms with E-state index in [1.54, 1.807) is 24.9 Å². The highest BCUT2D eigenvalue weighted by molar-refractivity contribution is 5.95. The Morgan fingerprint density at radius 1 is 0.935 bits per heavy atom. The molecule has 3 aromatic heterocycles. The van der Waals surface area contributed by atoms with Crippen LogP contribution in [0.25, 0.3) is 27.9 Å². The number of nitrogens with one attached hydrogen (secondary N) is 1. The second kappa shape index (κ2) is 7.91. The van der Waals surface area contributed by atoms with Crippen LogP contribution in [0.4, 0.5) is 5.95 Å². The summed E-state index contributed by atoms with van der Waals surface area (Å²) in [6.07, 6.45) is 3.56. The second-order valence-corrected chi connectivity index (χ2v) is 6.91. The average molecular weight is 412 g/mol. The van der Waals surface area contributed by atoms with Gasteiger partial charge in [0.2, 0.25) is 5.95 Å². The highest BCUT2D eigenvalue weighted by Crippen LogP contribution is 2.34. The van der Waals surface area contributed by atoms with E-state index in [9.17, 15) is 0 Å². The lowest BCUT2D eigenvalue weighted by Crippen LogP contribution is -2.08. The average Bonchev–Trinajstić information content (AvgIpc) is 3.29. The van der Waals surface area contributed by atoms with Gasteiger partial charge < -0.3 is 14.8 Å². The van der Waals surface area contributed by atoms with E-state index in [4.69, 9.17) is 24.5 Å². The molecule has 0 unspecified atom stereocenters. The number of hydrogen-bond acceptors (Lipinski definition) is 7. The molecule has 8 heteroatoms. The summed E-state index contributed by atoms with van der Waals surface area (Å²) in [4.78, 5) is 13.8. The quantitative estimate of drug-likeness (QED) is 0.452. The number of pyridine rings is 1. The normalized spacial score (nSPS) is 11.0. The fourth-order valence-electron chi connectivity index (χ4n) is 3.44. The summed E-state index contributed by atoms with van der Waals surface area (Å²) in [6.45, 7) is 0.551. The van der Waals surface area contributed by atoms with Gasteiger partial charge in [-0.3, -0.25) is 4.98 Å². The number of ether oxygens (including phenoxy) is 2. The zero-order chi connectivity index (χ0) is 21.2. The third-order valence-corrected chi connectivity index (χ3v) is 4.98. The lowest BCUT2D eigenvalue weighted by Gasteiger charge is -2.12. The van der Waals surface area contributed by atoms with E-state index in [0.29, 0.717) is 35.5 Å². The van der Waals surface area contributed by atoms with Gasteiger partial charge in [0.15, 0.2) is 23.0 Å². The number of anilines is 1. The first kappa shape index (κ1) is 18.8. The Morgan fingerprint density at radius 3 is 2.48 bits per heavy atom. The molecule has 8 nitrogen and oxygen atoms in total. The van der Waals surface area contributed by atoms with Gasteiger partial charge in [-0.15, -0.1) is 5.10 Å². The maximum Gasteiger partial charge on any atom is 0.226 e. The number of rotatable bonds is 6. The Kier molecular flexibility index (Phi) is 4.80. The van der Waals surface area contributed by atoms with Gasteiger partial charge in [-0.1, -0.05) is 36.4 Å². The van der Waals surface area contributed by atoms with E-state index in [0.717, 1.165) is 22.0 Å². The number of nitrogens with zero attached hydrogens (tertiary/aromatic N) is 5. The summed E-state index contributed by atoms with van der Waals surface area (Å²) in [7, 11) is 3.21. The molecule has 154 valence electrons. The maximum absolute atomic E-state index is 5.49.